The van der Waals surface area contributed by atoms with E-state index in [4.69, 9.17) is 0 Å². The first kappa shape index (κ1) is 14.5. The zero-order valence-electron chi connectivity index (χ0n) is 12.1. The van der Waals surface area contributed by atoms with E-state index in [2.05, 4.69) is 19.1 Å². The summed E-state index contributed by atoms with van der Waals surface area (Å²) in [6.45, 7) is 2.18. The van der Waals surface area contributed by atoms with Gasteiger partial charge in [-0.2, -0.15) is 0 Å². The highest BCUT2D eigenvalue weighted by Gasteiger charge is 2.05. The fourth-order valence-electron chi connectivity index (χ4n) is 2.34. The molecule has 0 heterocycles. The Labute approximate surface area is 121 Å². The van der Waals surface area contributed by atoms with Crippen LogP contribution in [0.1, 0.15) is 49.4 Å². The van der Waals surface area contributed by atoms with Gasteiger partial charge < -0.3 is 0 Å². The molecular weight excluding hydrogens is 244 g/mol. The van der Waals surface area contributed by atoms with Crippen molar-refractivity contribution in [1.82, 2.24) is 0 Å². The quantitative estimate of drug-likeness (QED) is 0.477. The predicted molar refractivity (Wildman–Crippen MR) is 85.0 cm³/mol. The molecule has 0 radical (unpaired) electrons. The Morgan fingerprint density at radius 1 is 0.800 bits per heavy atom. The normalized spacial score (nSPS) is 10.4. The van der Waals surface area contributed by atoms with Crippen LogP contribution in [0.2, 0.25) is 0 Å². The van der Waals surface area contributed by atoms with Crippen molar-refractivity contribution < 1.29 is 4.79 Å². The molecule has 0 saturated carbocycles. The molecule has 1 heteroatoms. The van der Waals surface area contributed by atoms with Crippen molar-refractivity contribution in [2.24, 2.45) is 0 Å². The van der Waals surface area contributed by atoms with Crippen LogP contribution in [0.25, 0.3) is 11.1 Å². The van der Waals surface area contributed by atoms with Gasteiger partial charge in [0, 0.05) is 12.0 Å². The summed E-state index contributed by atoms with van der Waals surface area (Å²) in [6.07, 6.45) is 5.27. The largest absolute Gasteiger partial charge is 0.294 e. The van der Waals surface area contributed by atoms with E-state index in [1.807, 2.05) is 42.5 Å². The van der Waals surface area contributed by atoms with Crippen molar-refractivity contribution in [2.75, 3.05) is 0 Å². The molecule has 0 atom stereocenters. The Hall–Kier alpha value is -1.89. The first-order valence-electron chi connectivity index (χ1n) is 7.50. The number of carbonyl (C=O) groups excluding carboxylic acids is 1. The van der Waals surface area contributed by atoms with Crippen LogP contribution in [-0.2, 0) is 0 Å². The molecular formula is C19H22O. The number of hydrogen-bond acceptors (Lipinski definition) is 1. The summed E-state index contributed by atoms with van der Waals surface area (Å²) in [5.41, 5.74) is 3.18. The van der Waals surface area contributed by atoms with Crippen LogP contribution in [0.15, 0.2) is 54.6 Å². The highest BCUT2D eigenvalue weighted by molar-refractivity contribution is 5.96. The van der Waals surface area contributed by atoms with Crippen LogP contribution < -0.4 is 0 Å². The van der Waals surface area contributed by atoms with E-state index in [9.17, 15) is 4.79 Å². The maximum Gasteiger partial charge on any atom is 0.162 e. The Balaban J connectivity index is 1.96. The Bertz CT molecular complexity index is 525. The highest BCUT2D eigenvalue weighted by atomic mass is 16.1. The zero-order valence-corrected chi connectivity index (χ0v) is 12.1. The van der Waals surface area contributed by atoms with Crippen molar-refractivity contribution in [2.45, 2.75) is 39.0 Å². The summed E-state index contributed by atoms with van der Waals surface area (Å²) < 4.78 is 0. The molecule has 0 N–H and O–H groups in total. The maximum absolute atomic E-state index is 12.1. The van der Waals surface area contributed by atoms with E-state index in [0.717, 1.165) is 24.0 Å². The van der Waals surface area contributed by atoms with E-state index >= 15 is 0 Å². The average molecular weight is 266 g/mol. The minimum atomic E-state index is 0.265. The second-order valence-corrected chi connectivity index (χ2v) is 5.18. The third-order valence-electron chi connectivity index (χ3n) is 3.57. The van der Waals surface area contributed by atoms with Crippen LogP contribution >= 0.6 is 0 Å². The number of hydrogen-bond donors (Lipinski definition) is 0. The fraction of sp³-hybridized carbons (Fsp3) is 0.316. The van der Waals surface area contributed by atoms with E-state index in [1.54, 1.807) is 0 Å². The molecule has 0 amide bonds. The van der Waals surface area contributed by atoms with Gasteiger partial charge in [0.05, 0.1) is 0 Å². The van der Waals surface area contributed by atoms with Gasteiger partial charge in [-0.15, -0.1) is 0 Å². The first-order valence-corrected chi connectivity index (χ1v) is 7.50. The predicted octanol–water partition coefficient (Wildman–Crippen LogP) is 5.51. The van der Waals surface area contributed by atoms with E-state index < -0.39 is 0 Å². The SMILES string of the molecule is CCCCCCC(=O)c1ccc(-c2ccccc2)cc1. The van der Waals surface area contributed by atoms with Gasteiger partial charge in [0.25, 0.3) is 0 Å². The second-order valence-electron chi connectivity index (χ2n) is 5.18. The summed E-state index contributed by atoms with van der Waals surface area (Å²) in [5.74, 6) is 0.265. The molecule has 2 rings (SSSR count). The summed E-state index contributed by atoms with van der Waals surface area (Å²) in [4.78, 5) is 12.1. The van der Waals surface area contributed by atoms with Crippen molar-refractivity contribution >= 4 is 5.78 Å². The van der Waals surface area contributed by atoms with Crippen LogP contribution in [0.5, 0.6) is 0 Å². The van der Waals surface area contributed by atoms with Crippen molar-refractivity contribution in [3.8, 4) is 11.1 Å². The molecule has 0 aliphatic carbocycles. The molecule has 0 aromatic heterocycles. The lowest BCUT2D eigenvalue weighted by molar-refractivity contribution is 0.0979. The average Bonchev–Trinajstić information content (AvgIpc) is 2.52. The lowest BCUT2D eigenvalue weighted by Crippen LogP contribution is -1.98. The van der Waals surface area contributed by atoms with Gasteiger partial charge in [0.2, 0.25) is 0 Å². The molecule has 0 unspecified atom stereocenters. The molecule has 0 spiro atoms. The number of benzene rings is 2. The second kappa shape index (κ2) is 7.64. The zero-order chi connectivity index (χ0) is 14.2. The fourth-order valence-corrected chi connectivity index (χ4v) is 2.34. The molecule has 0 bridgehead atoms. The van der Waals surface area contributed by atoms with Crippen LogP contribution in [0, 0.1) is 0 Å². The molecule has 0 saturated heterocycles. The Morgan fingerprint density at radius 2 is 1.45 bits per heavy atom. The van der Waals surface area contributed by atoms with Gasteiger partial charge in [0.15, 0.2) is 5.78 Å². The lowest BCUT2D eigenvalue weighted by Gasteiger charge is -2.04. The van der Waals surface area contributed by atoms with Crippen molar-refractivity contribution in [1.29, 1.82) is 0 Å². The Morgan fingerprint density at radius 3 is 2.10 bits per heavy atom. The number of ketones is 1. The van der Waals surface area contributed by atoms with E-state index in [0.29, 0.717) is 6.42 Å². The molecule has 2 aromatic rings. The molecule has 20 heavy (non-hydrogen) atoms. The standard InChI is InChI=1S/C19H22O/c1-2-3-4-8-11-19(20)18-14-12-17(13-15-18)16-9-6-5-7-10-16/h5-7,9-10,12-15H,2-4,8,11H2,1H3. The van der Waals surface area contributed by atoms with Gasteiger partial charge >= 0.3 is 0 Å². The Kier molecular flexibility index (Phi) is 5.55. The third-order valence-corrected chi connectivity index (χ3v) is 3.57. The van der Waals surface area contributed by atoms with Crippen molar-refractivity contribution in [3.63, 3.8) is 0 Å². The maximum atomic E-state index is 12.1. The van der Waals surface area contributed by atoms with Crippen LogP contribution in [0.4, 0.5) is 0 Å². The topological polar surface area (TPSA) is 17.1 Å². The molecule has 1 nitrogen and oxygen atoms in total. The number of unbranched alkanes of at least 4 members (excludes halogenated alkanes) is 3. The smallest absolute Gasteiger partial charge is 0.162 e. The first-order chi connectivity index (χ1) is 9.81. The van der Waals surface area contributed by atoms with Gasteiger partial charge in [-0.1, -0.05) is 80.8 Å². The van der Waals surface area contributed by atoms with Gasteiger partial charge in [-0.25, -0.2) is 0 Å². The molecule has 0 aliphatic heterocycles. The van der Waals surface area contributed by atoms with Crippen molar-refractivity contribution in [3.05, 3.63) is 60.2 Å². The van der Waals surface area contributed by atoms with E-state index in [-0.39, 0.29) is 5.78 Å². The minimum Gasteiger partial charge on any atom is -0.294 e. The minimum absolute atomic E-state index is 0.265. The summed E-state index contributed by atoms with van der Waals surface area (Å²) in [7, 11) is 0. The van der Waals surface area contributed by atoms with Gasteiger partial charge in [-0.3, -0.25) is 4.79 Å². The molecule has 2 aromatic carbocycles. The van der Waals surface area contributed by atoms with E-state index in [1.165, 1.54) is 18.4 Å². The highest BCUT2D eigenvalue weighted by Crippen LogP contribution is 2.20. The summed E-state index contributed by atoms with van der Waals surface area (Å²) in [5, 5.41) is 0. The lowest BCUT2D eigenvalue weighted by atomic mass is 10.00. The van der Waals surface area contributed by atoms with Gasteiger partial charge in [0.1, 0.15) is 0 Å². The third kappa shape index (κ3) is 4.06. The van der Waals surface area contributed by atoms with Crippen LogP contribution in [-0.4, -0.2) is 5.78 Å². The van der Waals surface area contributed by atoms with Gasteiger partial charge in [-0.05, 0) is 17.5 Å². The summed E-state index contributed by atoms with van der Waals surface area (Å²) >= 11 is 0. The van der Waals surface area contributed by atoms with Crippen LogP contribution in [0.3, 0.4) is 0 Å². The number of rotatable bonds is 7. The summed E-state index contributed by atoms with van der Waals surface area (Å²) in [6, 6.07) is 18.2. The molecule has 0 fully saturated rings. The monoisotopic (exact) mass is 266 g/mol. The number of carbonyl (C=O) groups is 1. The molecule has 104 valence electrons. The molecule has 0 aliphatic rings. The number of Topliss-reactive ketones (excluding diaryl/α,β-unsaturated/α-hetero) is 1.